The quantitative estimate of drug-likeness (QED) is 0.582. The zero-order valence-corrected chi connectivity index (χ0v) is 12.9. The third-order valence-electron chi connectivity index (χ3n) is 3.95. The van der Waals surface area contributed by atoms with Crippen LogP contribution in [-0.4, -0.2) is 19.3 Å². The van der Waals surface area contributed by atoms with Crippen molar-refractivity contribution in [2.24, 2.45) is 5.41 Å². The van der Waals surface area contributed by atoms with Gasteiger partial charge in [-0.1, -0.05) is 43.1 Å². The molecule has 1 saturated heterocycles. The summed E-state index contributed by atoms with van der Waals surface area (Å²) in [5.74, 6) is -0.643. The van der Waals surface area contributed by atoms with Gasteiger partial charge in [-0.15, -0.1) is 0 Å². The average molecular weight is 305 g/mol. The predicted octanol–water partition coefficient (Wildman–Crippen LogP) is 3.68. The van der Waals surface area contributed by atoms with E-state index in [9.17, 15) is 4.39 Å². The zero-order valence-electron chi connectivity index (χ0n) is 11.4. The van der Waals surface area contributed by atoms with Crippen molar-refractivity contribution in [3.05, 3.63) is 28.0 Å². The van der Waals surface area contributed by atoms with Crippen LogP contribution in [0, 0.1) is 11.2 Å². The second-order valence-electron chi connectivity index (χ2n) is 5.92. The van der Waals surface area contributed by atoms with E-state index in [1.54, 1.807) is 6.07 Å². The van der Waals surface area contributed by atoms with E-state index < -0.39 is 18.5 Å². The van der Waals surface area contributed by atoms with Crippen LogP contribution in [0.5, 0.6) is 0 Å². The lowest BCUT2D eigenvalue weighted by atomic mass is 9.69. The van der Waals surface area contributed by atoms with Gasteiger partial charge in [-0.25, -0.2) is 4.39 Å². The van der Waals surface area contributed by atoms with Crippen LogP contribution >= 0.6 is 23.2 Å². The van der Waals surface area contributed by atoms with Gasteiger partial charge in [0.15, 0.2) is 5.82 Å². The van der Waals surface area contributed by atoms with Crippen LogP contribution < -0.4 is 5.46 Å². The molecule has 0 unspecified atom stereocenters. The monoisotopic (exact) mass is 304 g/mol. The fourth-order valence-electron chi connectivity index (χ4n) is 1.80. The van der Waals surface area contributed by atoms with Gasteiger partial charge in [-0.3, -0.25) is 0 Å². The highest BCUT2D eigenvalue weighted by Crippen LogP contribution is 2.38. The van der Waals surface area contributed by atoms with E-state index in [-0.39, 0.29) is 15.5 Å². The van der Waals surface area contributed by atoms with Crippen molar-refractivity contribution in [2.75, 3.05) is 6.61 Å². The molecule has 0 saturated carbocycles. The number of hydrogen-bond acceptors (Lipinski definition) is 2. The Hall–Kier alpha value is -0.285. The first-order valence-electron chi connectivity index (χ1n) is 6.08. The van der Waals surface area contributed by atoms with Gasteiger partial charge in [-0.2, -0.15) is 0 Å². The van der Waals surface area contributed by atoms with Gasteiger partial charge in [0, 0.05) is 17.5 Å². The van der Waals surface area contributed by atoms with Gasteiger partial charge in [-0.05, 0) is 19.9 Å². The molecule has 1 aromatic carbocycles. The van der Waals surface area contributed by atoms with Crippen LogP contribution in [0.1, 0.15) is 27.7 Å². The second kappa shape index (κ2) is 4.92. The standard InChI is InChI=1S/C13H16BCl2FO2/c1-12(2)7-18-14(19-13(12,3)4)8-5-6-9(15)11(17)10(8)16/h5-6H,7H2,1-4H3. The minimum atomic E-state index is -0.678. The maximum absolute atomic E-state index is 13.7. The van der Waals surface area contributed by atoms with Gasteiger partial charge in [0.05, 0.1) is 15.6 Å². The lowest BCUT2D eigenvalue weighted by Gasteiger charge is -2.47. The van der Waals surface area contributed by atoms with Gasteiger partial charge in [0.1, 0.15) is 0 Å². The SMILES string of the molecule is CC1(C)COB(c2ccc(Cl)c(F)c2Cl)OC1(C)C. The van der Waals surface area contributed by atoms with E-state index in [1.807, 2.05) is 13.8 Å². The van der Waals surface area contributed by atoms with Crippen molar-refractivity contribution in [3.8, 4) is 0 Å². The summed E-state index contributed by atoms with van der Waals surface area (Å²) in [4.78, 5) is 0. The van der Waals surface area contributed by atoms with E-state index >= 15 is 0 Å². The molecule has 19 heavy (non-hydrogen) atoms. The summed E-state index contributed by atoms with van der Waals surface area (Å²) in [6, 6.07) is 3.09. The van der Waals surface area contributed by atoms with Crippen LogP contribution in [0.25, 0.3) is 0 Å². The van der Waals surface area contributed by atoms with Gasteiger partial charge >= 0.3 is 7.12 Å². The molecule has 1 aromatic rings. The summed E-state index contributed by atoms with van der Waals surface area (Å²) < 4.78 is 25.3. The molecule has 1 aliphatic heterocycles. The molecular weight excluding hydrogens is 289 g/mol. The first-order valence-corrected chi connectivity index (χ1v) is 6.84. The third-order valence-corrected chi connectivity index (χ3v) is 4.62. The van der Waals surface area contributed by atoms with E-state index in [2.05, 4.69) is 13.8 Å². The number of rotatable bonds is 1. The molecule has 0 aliphatic carbocycles. The molecule has 0 N–H and O–H groups in total. The Kier molecular flexibility index (Phi) is 3.91. The molecule has 0 atom stereocenters. The molecule has 0 bridgehead atoms. The summed E-state index contributed by atoms with van der Waals surface area (Å²) in [5, 5.41) is -0.0582. The molecule has 2 rings (SSSR count). The second-order valence-corrected chi connectivity index (χ2v) is 6.70. The minimum absolute atomic E-state index is 0.0100. The topological polar surface area (TPSA) is 18.5 Å². The normalized spacial score (nSPS) is 21.5. The molecule has 1 fully saturated rings. The van der Waals surface area contributed by atoms with Gasteiger partial charge in [0.25, 0.3) is 0 Å². The number of halogens is 3. The molecule has 0 amide bonds. The van der Waals surface area contributed by atoms with Crippen LogP contribution in [0.15, 0.2) is 12.1 Å². The molecule has 1 heterocycles. The van der Waals surface area contributed by atoms with E-state index in [1.165, 1.54) is 6.07 Å². The molecule has 6 heteroatoms. The van der Waals surface area contributed by atoms with Crippen molar-refractivity contribution in [3.63, 3.8) is 0 Å². The Bertz CT molecular complexity index is 506. The highest BCUT2D eigenvalue weighted by molar-refractivity contribution is 6.65. The van der Waals surface area contributed by atoms with Gasteiger partial charge in [0.2, 0.25) is 0 Å². The summed E-state index contributed by atoms with van der Waals surface area (Å²) in [7, 11) is -0.678. The number of hydrogen-bond donors (Lipinski definition) is 0. The van der Waals surface area contributed by atoms with Crippen molar-refractivity contribution in [2.45, 2.75) is 33.3 Å². The number of benzene rings is 1. The molecule has 0 aromatic heterocycles. The molecule has 1 aliphatic rings. The largest absolute Gasteiger partial charge is 0.495 e. The molecule has 104 valence electrons. The fraction of sp³-hybridized carbons (Fsp3) is 0.538. The Morgan fingerprint density at radius 1 is 1.21 bits per heavy atom. The highest BCUT2D eigenvalue weighted by atomic mass is 35.5. The van der Waals surface area contributed by atoms with Crippen molar-refractivity contribution in [1.29, 1.82) is 0 Å². The van der Waals surface area contributed by atoms with Crippen molar-refractivity contribution >= 4 is 35.8 Å². The van der Waals surface area contributed by atoms with E-state index in [0.717, 1.165) is 0 Å². The van der Waals surface area contributed by atoms with Crippen LogP contribution in [0.4, 0.5) is 4.39 Å². The van der Waals surface area contributed by atoms with E-state index in [4.69, 9.17) is 32.5 Å². The summed E-state index contributed by atoms with van der Waals surface area (Å²) in [5.41, 5.74) is -0.0804. The Balaban J connectivity index is 2.33. The van der Waals surface area contributed by atoms with Crippen LogP contribution in [0.2, 0.25) is 10.0 Å². The third kappa shape index (κ3) is 2.64. The lowest BCUT2D eigenvalue weighted by Crippen LogP contribution is -2.58. The van der Waals surface area contributed by atoms with Crippen molar-refractivity contribution < 1.29 is 13.7 Å². The van der Waals surface area contributed by atoms with Crippen LogP contribution in [-0.2, 0) is 9.31 Å². The fourth-order valence-corrected chi connectivity index (χ4v) is 2.25. The summed E-state index contributed by atoms with van der Waals surface area (Å²) >= 11 is 11.7. The van der Waals surface area contributed by atoms with Crippen molar-refractivity contribution in [1.82, 2.24) is 0 Å². The first kappa shape index (κ1) is 15.1. The molecule has 0 spiro atoms. The maximum Gasteiger partial charge on any atom is 0.495 e. The Labute approximate surface area is 123 Å². The maximum atomic E-state index is 13.7. The Morgan fingerprint density at radius 3 is 2.42 bits per heavy atom. The van der Waals surface area contributed by atoms with Crippen LogP contribution in [0.3, 0.4) is 0 Å². The van der Waals surface area contributed by atoms with Gasteiger partial charge < -0.3 is 9.31 Å². The first-order chi connectivity index (χ1) is 8.66. The van der Waals surface area contributed by atoms with E-state index in [0.29, 0.717) is 12.1 Å². The summed E-state index contributed by atoms with van der Waals surface area (Å²) in [6.07, 6.45) is 0. The smallest absolute Gasteiger partial charge is 0.407 e. The summed E-state index contributed by atoms with van der Waals surface area (Å²) in [6.45, 7) is 8.61. The molecule has 2 nitrogen and oxygen atoms in total. The average Bonchev–Trinajstić information content (AvgIpc) is 2.30. The molecular formula is C13H16BCl2FO2. The predicted molar refractivity (Wildman–Crippen MR) is 76.7 cm³/mol. The molecule has 0 radical (unpaired) electrons. The minimum Gasteiger partial charge on any atom is -0.407 e. The highest BCUT2D eigenvalue weighted by Gasteiger charge is 2.47. The zero-order chi connectivity index (χ0) is 14.4. The Morgan fingerprint density at radius 2 is 1.84 bits per heavy atom. The lowest BCUT2D eigenvalue weighted by molar-refractivity contribution is -0.0937.